The van der Waals surface area contributed by atoms with Gasteiger partial charge in [0.2, 0.25) is 0 Å². The largest absolute Gasteiger partial charge is 0.241 e. The average Bonchev–Trinajstić information content (AvgIpc) is 2.15. The van der Waals surface area contributed by atoms with E-state index >= 15 is 0 Å². The standard InChI is InChI=1S/C10H8Cl3N/c1-7-2-4-8(5-3-7)10(13)14-6-9(11)12/h2-6H,1H3. The molecular weight excluding hydrogens is 240 g/mol. The van der Waals surface area contributed by atoms with Crippen LogP contribution in [0.1, 0.15) is 11.1 Å². The van der Waals surface area contributed by atoms with Gasteiger partial charge in [-0.15, -0.1) is 0 Å². The van der Waals surface area contributed by atoms with E-state index in [1.165, 1.54) is 11.8 Å². The normalized spacial score (nSPS) is 11.3. The van der Waals surface area contributed by atoms with Crippen molar-refractivity contribution in [1.29, 1.82) is 0 Å². The summed E-state index contributed by atoms with van der Waals surface area (Å²) in [6.45, 7) is 2.00. The van der Waals surface area contributed by atoms with Crippen LogP contribution in [0.25, 0.3) is 0 Å². The molecule has 4 heteroatoms. The number of nitrogens with zero attached hydrogens (tertiary/aromatic N) is 1. The first-order chi connectivity index (χ1) is 6.59. The van der Waals surface area contributed by atoms with Crippen molar-refractivity contribution in [1.82, 2.24) is 0 Å². The Morgan fingerprint density at radius 3 is 2.21 bits per heavy atom. The Balaban J connectivity index is 2.89. The maximum absolute atomic E-state index is 5.89. The van der Waals surface area contributed by atoms with E-state index in [9.17, 15) is 0 Å². The third-order valence-corrected chi connectivity index (χ3v) is 2.08. The number of aryl methyl sites for hydroxylation is 1. The second-order valence-electron chi connectivity index (χ2n) is 2.70. The topological polar surface area (TPSA) is 12.4 Å². The summed E-state index contributed by atoms with van der Waals surface area (Å²) in [5.74, 6) is 0. The Hall–Kier alpha value is -0.500. The van der Waals surface area contributed by atoms with Gasteiger partial charge in [0.25, 0.3) is 0 Å². The van der Waals surface area contributed by atoms with Crippen LogP contribution in [-0.4, -0.2) is 5.17 Å². The molecular formula is C10H8Cl3N. The molecule has 0 aliphatic heterocycles. The molecule has 0 amide bonds. The maximum atomic E-state index is 5.89. The predicted molar refractivity (Wildman–Crippen MR) is 63.4 cm³/mol. The van der Waals surface area contributed by atoms with Gasteiger partial charge in [-0.2, -0.15) is 0 Å². The summed E-state index contributed by atoms with van der Waals surface area (Å²) >= 11 is 16.7. The summed E-state index contributed by atoms with van der Waals surface area (Å²) in [4.78, 5) is 3.88. The van der Waals surface area contributed by atoms with Crippen LogP contribution >= 0.6 is 34.8 Å². The number of benzene rings is 1. The lowest BCUT2D eigenvalue weighted by molar-refractivity contribution is 1.46. The second-order valence-corrected chi connectivity index (χ2v) is 4.07. The minimum atomic E-state index is 0.0789. The molecule has 0 heterocycles. The van der Waals surface area contributed by atoms with Gasteiger partial charge in [0.05, 0.1) is 6.20 Å². The first kappa shape index (κ1) is 11.6. The molecule has 0 N–H and O–H groups in total. The van der Waals surface area contributed by atoms with E-state index in [0.29, 0.717) is 5.17 Å². The van der Waals surface area contributed by atoms with Crippen LogP contribution in [0.5, 0.6) is 0 Å². The smallest absolute Gasteiger partial charge is 0.136 e. The minimum absolute atomic E-state index is 0.0789. The number of halogens is 3. The molecule has 14 heavy (non-hydrogen) atoms. The summed E-state index contributed by atoms with van der Waals surface area (Å²) in [6, 6.07) is 7.69. The van der Waals surface area contributed by atoms with Crippen molar-refractivity contribution in [3.05, 3.63) is 46.1 Å². The zero-order valence-electron chi connectivity index (χ0n) is 7.47. The third kappa shape index (κ3) is 3.70. The van der Waals surface area contributed by atoms with Crippen LogP contribution in [0.15, 0.2) is 39.9 Å². The van der Waals surface area contributed by atoms with Crippen LogP contribution < -0.4 is 0 Å². The molecule has 0 saturated heterocycles. The Labute approximate surface area is 98.0 Å². The van der Waals surface area contributed by atoms with Gasteiger partial charge >= 0.3 is 0 Å². The second kappa shape index (κ2) is 5.40. The maximum Gasteiger partial charge on any atom is 0.136 e. The van der Waals surface area contributed by atoms with Gasteiger partial charge in [0.15, 0.2) is 0 Å². The van der Waals surface area contributed by atoms with Crippen molar-refractivity contribution in [3.63, 3.8) is 0 Å². The fourth-order valence-electron chi connectivity index (χ4n) is 0.871. The van der Waals surface area contributed by atoms with Gasteiger partial charge in [0, 0.05) is 5.56 Å². The van der Waals surface area contributed by atoms with E-state index in [1.54, 1.807) is 0 Å². The number of hydrogen-bond acceptors (Lipinski definition) is 1. The summed E-state index contributed by atoms with van der Waals surface area (Å²) in [6.07, 6.45) is 1.30. The lowest BCUT2D eigenvalue weighted by atomic mass is 10.2. The van der Waals surface area contributed by atoms with Crippen molar-refractivity contribution < 1.29 is 0 Å². The third-order valence-electron chi connectivity index (χ3n) is 1.57. The summed E-state index contributed by atoms with van der Waals surface area (Å²) in [5.41, 5.74) is 2.01. The van der Waals surface area contributed by atoms with Gasteiger partial charge in [-0.05, 0) is 6.92 Å². The van der Waals surface area contributed by atoms with Crippen LogP contribution in [0.2, 0.25) is 0 Å². The van der Waals surface area contributed by atoms with Gasteiger partial charge in [-0.3, -0.25) is 0 Å². The number of rotatable bonds is 2. The summed E-state index contributed by atoms with van der Waals surface area (Å²) in [7, 11) is 0. The summed E-state index contributed by atoms with van der Waals surface area (Å²) < 4.78 is 0.0789. The van der Waals surface area contributed by atoms with E-state index < -0.39 is 0 Å². The molecule has 1 aromatic rings. The van der Waals surface area contributed by atoms with E-state index in [4.69, 9.17) is 34.8 Å². The lowest BCUT2D eigenvalue weighted by Crippen LogP contribution is -1.89. The van der Waals surface area contributed by atoms with E-state index in [1.807, 2.05) is 31.2 Å². The minimum Gasteiger partial charge on any atom is -0.241 e. The van der Waals surface area contributed by atoms with Gasteiger partial charge in [-0.1, -0.05) is 64.6 Å². The lowest BCUT2D eigenvalue weighted by Gasteiger charge is -1.97. The predicted octanol–water partition coefficient (Wildman–Crippen LogP) is 4.26. The molecule has 74 valence electrons. The molecule has 0 aliphatic carbocycles. The quantitative estimate of drug-likeness (QED) is 0.694. The molecule has 1 rings (SSSR count). The van der Waals surface area contributed by atoms with Crippen molar-refractivity contribution in [2.75, 3.05) is 0 Å². The fourth-order valence-corrected chi connectivity index (χ4v) is 1.14. The molecule has 1 aromatic carbocycles. The zero-order valence-corrected chi connectivity index (χ0v) is 9.74. The Morgan fingerprint density at radius 1 is 1.14 bits per heavy atom. The Kier molecular flexibility index (Phi) is 4.46. The van der Waals surface area contributed by atoms with Gasteiger partial charge in [0.1, 0.15) is 9.66 Å². The number of hydrogen-bond donors (Lipinski definition) is 0. The summed E-state index contributed by atoms with van der Waals surface area (Å²) in [5, 5.41) is 0.365. The number of aliphatic imine (C=N–C) groups is 1. The molecule has 0 saturated carbocycles. The van der Waals surface area contributed by atoms with Crippen molar-refractivity contribution in [2.45, 2.75) is 6.92 Å². The zero-order chi connectivity index (χ0) is 10.6. The molecule has 0 radical (unpaired) electrons. The highest BCUT2D eigenvalue weighted by Gasteiger charge is 1.97. The molecule has 0 unspecified atom stereocenters. The molecule has 0 aromatic heterocycles. The van der Waals surface area contributed by atoms with E-state index in [0.717, 1.165) is 5.56 Å². The van der Waals surface area contributed by atoms with Crippen LogP contribution in [0, 0.1) is 6.92 Å². The van der Waals surface area contributed by atoms with Crippen molar-refractivity contribution >= 4 is 40.0 Å². The molecule has 0 fully saturated rings. The van der Waals surface area contributed by atoms with Gasteiger partial charge < -0.3 is 0 Å². The average molecular weight is 249 g/mol. The highest BCUT2D eigenvalue weighted by molar-refractivity contribution is 6.69. The highest BCUT2D eigenvalue weighted by atomic mass is 35.5. The highest BCUT2D eigenvalue weighted by Crippen LogP contribution is 2.10. The van der Waals surface area contributed by atoms with Crippen molar-refractivity contribution in [3.8, 4) is 0 Å². The molecule has 0 bridgehead atoms. The van der Waals surface area contributed by atoms with E-state index in [2.05, 4.69) is 4.99 Å². The first-order valence-corrected chi connectivity index (χ1v) is 5.04. The SMILES string of the molecule is Cc1ccc(C(Cl)=NC=C(Cl)Cl)cc1. The fraction of sp³-hybridized carbons (Fsp3) is 0.100. The van der Waals surface area contributed by atoms with Gasteiger partial charge in [-0.25, -0.2) is 4.99 Å². The Morgan fingerprint density at radius 2 is 1.71 bits per heavy atom. The molecule has 0 aliphatic rings. The monoisotopic (exact) mass is 247 g/mol. The van der Waals surface area contributed by atoms with Crippen LogP contribution in [-0.2, 0) is 0 Å². The Bertz CT molecular complexity index is 361. The molecule has 0 atom stereocenters. The van der Waals surface area contributed by atoms with Crippen molar-refractivity contribution in [2.24, 2.45) is 4.99 Å². The molecule has 0 spiro atoms. The van der Waals surface area contributed by atoms with Crippen LogP contribution in [0.3, 0.4) is 0 Å². The first-order valence-electron chi connectivity index (χ1n) is 3.91. The molecule has 1 nitrogen and oxygen atoms in total. The van der Waals surface area contributed by atoms with E-state index in [-0.39, 0.29) is 4.49 Å². The van der Waals surface area contributed by atoms with Crippen LogP contribution in [0.4, 0.5) is 0 Å².